The summed E-state index contributed by atoms with van der Waals surface area (Å²) in [5.41, 5.74) is 1.40. The number of aliphatic hydroxyl groups is 1. The normalized spacial score (nSPS) is 13.1. The van der Waals surface area contributed by atoms with Crippen molar-refractivity contribution in [3.8, 4) is 0 Å². The fourth-order valence-electron chi connectivity index (χ4n) is 2.71. The standard InChI is InChI=1S/C21H21ClN2O2S/c1-21(26,16-8-5-9-17(22)11-16)14-23-19(25)12-18-13-27-20(24-18)10-15-6-3-2-4-7-15/h2-9,11,13,26H,10,12,14H2,1H3,(H,23,25)/t21-/m0/s1. The molecular formula is C21H21ClN2O2S. The summed E-state index contributed by atoms with van der Waals surface area (Å²) in [6, 6.07) is 17.1. The molecule has 0 aliphatic carbocycles. The molecule has 0 bridgehead atoms. The van der Waals surface area contributed by atoms with Crippen molar-refractivity contribution in [1.29, 1.82) is 0 Å². The van der Waals surface area contributed by atoms with Gasteiger partial charge in [-0.1, -0.05) is 54.1 Å². The molecule has 3 rings (SSSR count). The van der Waals surface area contributed by atoms with E-state index in [0.29, 0.717) is 10.6 Å². The Morgan fingerprint density at radius 1 is 1.22 bits per heavy atom. The Balaban J connectivity index is 1.53. The number of thiazole rings is 1. The van der Waals surface area contributed by atoms with Crippen LogP contribution in [0.5, 0.6) is 0 Å². The molecule has 1 aromatic heterocycles. The first-order chi connectivity index (χ1) is 12.9. The molecule has 2 aromatic carbocycles. The van der Waals surface area contributed by atoms with Gasteiger partial charge in [-0.2, -0.15) is 0 Å². The number of carbonyl (C=O) groups is 1. The number of aromatic nitrogens is 1. The molecule has 3 aromatic rings. The topological polar surface area (TPSA) is 62.2 Å². The minimum absolute atomic E-state index is 0.104. The fourth-order valence-corrected chi connectivity index (χ4v) is 3.72. The number of nitrogens with one attached hydrogen (secondary N) is 1. The third kappa shape index (κ3) is 5.63. The average molecular weight is 401 g/mol. The van der Waals surface area contributed by atoms with Crippen molar-refractivity contribution in [3.63, 3.8) is 0 Å². The summed E-state index contributed by atoms with van der Waals surface area (Å²) < 4.78 is 0. The lowest BCUT2D eigenvalue weighted by Gasteiger charge is -2.24. The number of halogens is 1. The van der Waals surface area contributed by atoms with Crippen LogP contribution >= 0.6 is 22.9 Å². The molecule has 1 atom stereocenters. The Morgan fingerprint density at radius 3 is 2.74 bits per heavy atom. The Bertz CT molecular complexity index is 909. The van der Waals surface area contributed by atoms with Crippen molar-refractivity contribution < 1.29 is 9.90 Å². The van der Waals surface area contributed by atoms with Crippen molar-refractivity contribution in [2.45, 2.75) is 25.4 Å². The predicted molar refractivity (Wildman–Crippen MR) is 109 cm³/mol. The number of amides is 1. The molecule has 0 aliphatic rings. The van der Waals surface area contributed by atoms with Crippen LogP contribution in [0.1, 0.15) is 28.8 Å². The zero-order chi connectivity index (χ0) is 19.3. The lowest BCUT2D eigenvalue weighted by Crippen LogP contribution is -2.39. The van der Waals surface area contributed by atoms with Crippen LogP contribution in [0.4, 0.5) is 0 Å². The summed E-state index contributed by atoms with van der Waals surface area (Å²) in [5, 5.41) is 16.8. The van der Waals surface area contributed by atoms with E-state index in [0.717, 1.165) is 17.1 Å². The van der Waals surface area contributed by atoms with Gasteiger partial charge in [0.25, 0.3) is 0 Å². The number of carbonyl (C=O) groups excluding carboxylic acids is 1. The maximum absolute atomic E-state index is 12.2. The third-order valence-electron chi connectivity index (χ3n) is 4.22. The van der Waals surface area contributed by atoms with E-state index in [-0.39, 0.29) is 18.9 Å². The van der Waals surface area contributed by atoms with E-state index in [1.807, 2.05) is 23.6 Å². The van der Waals surface area contributed by atoms with E-state index in [1.54, 1.807) is 42.5 Å². The predicted octanol–water partition coefficient (Wildman–Crippen LogP) is 3.95. The molecule has 0 saturated heterocycles. The zero-order valence-corrected chi connectivity index (χ0v) is 16.6. The Kier molecular flexibility index (Phi) is 6.26. The summed E-state index contributed by atoms with van der Waals surface area (Å²) in [5.74, 6) is -0.172. The van der Waals surface area contributed by atoms with E-state index >= 15 is 0 Å². The van der Waals surface area contributed by atoms with E-state index in [1.165, 1.54) is 5.56 Å². The highest BCUT2D eigenvalue weighted by Crippen LogP contribution is 2.23. The van der Waals surface area contributed by atoms with Crippen LogP contribution in [-0.2, 0) is 23.2 Å². The fraction of sp³-hybridized carbons (Fsp3) is 0.238. The highest BCUT2D eigenvalue weighted by molar-refractivity contribution is 7.09. The molecule has 27 heavy (non-hydrogen) atoms. The van der Waals surface area contributed by atoms with Crippen molar-refractivity contribution in [2.24, 2.45) is 0 Å². The first-order valence-electron chi connectivity index (χ1n) is 8.65. The number of hydrogen-bond donors (Lipinski definition) is 2. The van der Waals surface area contributed by atoms with Crippen molar-refractivity contribution in [1.82, 2.24) is 10.3 Å². The highest BCUT2D eigenvalue weighted by atomic mass is 35.5. The maximum Gasteiger partial charge on any atom is 0.226 e. The van der Waals surface area contributed by atoms with Crippen LogP contribution in [-0.4, -0.2) is 22.5 Å². The van der Waals surface area contributed by atoms with Gasteiger partial charge in [0.2, 0.25) is 5.91 Å². The number of rotatable bonds is 7. The SMILES string of the molecule is C[C@](O)(CNC(=O)Cc1csc(Cc2ccccc2)n1)c1cccc(Cl)c1. The summed E-state index contributed by atoms with van der Waals surface area (Å²) in [6.45, 7) is 1.76. The van der Waals surface area contributed by atoms with Gasteiger partial charge in [0.15, 0.2) is 0 Å². The van der Waals surface area contributed by atoms with Crippen molar-refractivity contribution in [3.05, 3.63) is 86.8 Å². The molecule has 2 N–H and O–H groups in total. The number of hydrogen-bond acceptors (Lipinski definition) is 4. The lowest BCUT2D eigenvalue weighted by atomic mass is 9.96. The Hall–Kier alpha value is -2.21. The quantitative estimate of drug-likeness (QED) is 0.631. The van der Waals surface area contributed by atoms with Gasteiger partial charge in [-0.15, -0.1) is 11.3 Å². The number of nitrogens with zero attached hydrogens (tertiary/aromatic N) is 1. The number of benzene rings is 2. The molecule has 0 fully saturated rings. The van der Waals surface area contributed by atoms with Gasteiger partial charge in [0.1, 0.15) is 5.60 Å². The summed E-state index contributed by atoms with van der Waals surface area (Å²) in [7, 11) is 0. The summed E-state index contributed by atoms with van der Waals surface area (Å²) in [4.78, 5) is 16.8. The van der Waals surface area contributed by atoms with Gasteiger partial charge < -0.3 is 10.4 Å². The first kappa shape index (κ1) is 19.5. The van der Waals surface area contributed by atoms with Crippen LogP contribution in [0.15, 0.2) is 60.0 Å². The molecule has 4 nitrogen and oxygen atoms in total. The monoisotopic (exact) mass is 400 g/mol. The van der Waals surface area contributed by atoms with Gasteiger partial charge in [0, 0.05) is 16.8 Å². The smallest absolute Gasteiger partial charge is 0.226 e. The van der Waals surface area contributed by atoms with Crippen LogP contribution in [0.3, 0.4) is 0 Å². The average Bonchev–Trinajstić information content (AvgIpc) is 3.08. The molecule has 0 unspecified atom stereocenters. The highest BCUT2D eigenvalue weighted by Gasteiger charge is 2.24. The van der Waals surface area contributed by atoms with Crippen molar-refractivity contribution in [2.75, 3.05) is 6.54 Å². The second-order valence-corrected chi connectivity index (χ2v) is 8.01. The Labute approximate surface area is 167 Å². The van der Waals surface area contributed by atoms with E-state index in [4.69, 9.17) is 11.6 Å². The van der Waals surface area contributed by atoms with Crippen LogP contribution < -0.4 is 5.32 Å². The van der Waals surface area contributed by atoms with Gasteiger partial charge in [0.05, 0.1) is 23.7 Å². The third-order valence-corrected chi connectivity index (χ3v) is 5.35. The van der Waals surface area contributed by atoms with E-state index < -0.39 is 5.60 Å². The van der Waals surface area contributed by atoms with E-state index in [9.17, 15) is 9.90 Å². The maximum atomic E-state index is 12.2. The largest absolute Gasteiger partial charge is 0.384 e. The molecule has 6 heteroatoms. The van der Waals surface area contributed by atoms with Crippen LogP contribution in [0, 0.1) is 0 Å². The second kappa shape index (κ2) is 8.65. The molecule has 0 spiro atoms. The van der Waals surface area contributed by atoms with E-state index in [2.05, 4.69) is 22.4 Å². The summed E-state index contributed by atoms with van der Waals surface area (Å²) >= 11 is 7.53. The minimum atomic E-state index is -1.19. The Morgan fingerprint density at radius 2 is 2.00 bits per heavy atom. The molecule has 0 aliphatic heterocycles. The zero-order valence-electron chi connectivity index (χ0n) is 15.0. The van der Waals surface area contributed by atoms with Crippen LogP contribution in [0.25, 0.3) is 0 Å². The molecule has 1 heterocycles. The second-order valence-electron chi connectivity index (χ2n) is 6.63. The van der Waals surface area contributed by atoms with Crippen LogP contribution in [0.2, 0.25) is 5.02 Å². The molecule has 140 valence electrons. The molecule has 1 amide bonds. The minimum Gasteiger partial charge on any atom is -0.384 e. The first-order valence-corrected chi connectivity index (χ1v) is 9.90. The van der Waals surface area contributed by atoms with Gasteiger partial charge in [-0.05, 0) is 30.2 Å². The van der Waals surface area contributed by atoms with Gasteiger partial charge in [-0.3, -0.25) is 4.79 Å². The molecular weight excluding hydrogens is 380 g/mol. The van der Waals surface area contributed by atoms with Gasteiger partial charge in [-0.25, -0.2) is 4.98 Å². The molecule has 0 radical (unpaired) electrons. The van der Waals surface area contributed by atoms with Gasteiger partial charge >= 0.3 is 0 Å². The lowest BCUT2D eigenvalue weighted by molar-refractivity contribution is -0.121. The van der Waals surface area contributed by atoms with Crippen molar-refractivity contribution >= 4 is 28.8 Å². The summed E-state index contributed by atoms with van der Waals surface area (Å²) in [6.07, 6.45) is 0.952. The molecule has 0 saturated carbocycles.